The average Bonchev–Trinajstić information content (AvgIpc) is 2.02. The van der Waals surface area contributed by atoms with E-state index in [0.717, 1.165) is 10.0 Å². The van der Waals surface area contributed by atoms with E-state index < -0.39 is 0 Å². The standard InChI is InChI=1S/C11H11BrO/c1-8-3-5-10(11(12)7-8)6-4-9(2)13/h3-7H,1-2H3/b6-4+. The molecule has 0 aliphatic carbocycles. The van der Waals surface area contributed by atoms with Gasteiger partial charge < -0.3 is 0 Å². The van der Waals surface area contributed by atoms with Crippen LogP contribution in [0.4, 0.5) is 0 Å². The minimum absolute atomic E-state index is 0.0625. The largest absolute Gasteiger partial charge is 0.295 e. The molecule has 1 aromatic carbocycles. The molecule has 1 aromatic rings. The number of halogens is 1. The summed E-state index contributed by atoms with van der Waals surface area (Å²) in [5.74, 6) is 0.0625. The number of allylic oxidation sites excluding steroid dienone is 1. The van der Waals surface area contributed by atoms with Crippen LogP contribution >= 0.6 is 15.9 Å². The van der Waals surface area contributed by atoms with Gasteiger partial charge in [0.25, 0.3) is 0 Å². The lowest BCUT2D eigenvalue weighted by atomic mass is 10.1. The van der Waals surface area contributed by atoms with Gasteiger partial charge >= 0.3 is 0 Å². The minimum atomic E-state index is 0.0625. The summed E-state index contributed by atoms with van der Waals surface area (Å²) < 4.78 is 1.02. The highest BCUT2D eigenvalue weighted by Gasteiger charge is 1.95. The van der Waals surface area contributed by atoms with Gasteiger partial charge in [0.05, 0.1) is 0 Å². The van der Waals surface area contributed by atoms with E-state index in [1.165, 1.54) is 5.56 Å². The lowest BCUT2D eigenvalue weighted by molar-refractivity contribution is -0.112. The molecule has 0 saturated carbocycles. The van der Waals surface area contributed by atoms with Crippen molar-refractivity contribution in [1.82, 2.24) is 0 Å². The van der Waals surface area contributed by atoms with Crippen LogP contribution in [0.1, 0.15) is 18.1 Å². The van der Waals surface area contributed by atoms with E-state index in [9.17, 15) is 4.79 Å². The number of rotatable bonds is 2. The van der Waals surface area contributed by atoms with Crippen LogP contribution in [0, 0.1) is 6.92 Å². The van der Waals surface area contributed by atoms with E-state index >= 15 is 0 Å². The first-order valence-electron chi connectivity index (χ1n) is 4.04. The zero-order chi connectivity index (χ0) is 9.84. The number of hydrogen-bond donors (Lipinski definition) is 0. The van der Waals surface area contributed by atoms with E-state index in [1.807, 2.05) is 31.2 Å². The van der Waals surface area contributed by atoms with Crippen LogP contribution < -0.4 is 0 Å². The second-order valence-electron chi connectivity index (χ2n) is 2.97. The lowest BCUT2D eigenvalue weighted by Crippen LogP contribution is -1.82. The Hall–Kier alpha value is -0.890. The molecule has 0 aromatic heterocycles. The van der Waals surface area contributed by atoms with E-state index in [-0.39, 0.29) is 5.78 Å². The quantitative estimate of drug-likeness (QED) is 0.723. The molecule has 0 amide bonds. The van der Waals surface area contributed by atoms with Crippen molar-refractivity contribution in [1.29, 1.82) is 0 Å². The van der Waals surface area contributed by atoms with Crippen molar-refractivity contribution in [3.63, 3.8) is 0 Å². The van der Waals surface area contributed by atoms with Crippen molar-refractivity contribution in [2.75, 3.05) is 0 Å². The van der Waals surface area contributed by atoms with Crippen LogP contribution in [0.15, 0.2) is 28.7 Å². The molecule has 1 rings (SSSR count). The number of hydrogen-bond acceptors (Lipinski definition) is 1. The minimum Gasteiger partial charge on any atom is -0.295 e. The van der Waals surface area contributed by atoms with Gasteiger partial charge in [0, 0.05) is 4.47 Å². The number of benzene rings is 1. The fourth-order valence-electron chi connectivity index (χ4n) is 0.974. The Morgan fingerprint density at radius 3 is 2.69 bits per heavy atom. The molecule has 13 heavy (non-hydrogen) atoms. The van der Waals surface area contributed by atoms with Gasteiger partial charge in [-0.15, -0.1) is 0 Å². The van der Waals surface area contributed by atoms with Crippen molar-refractivity contribution in [3.05, 3.63) is 39.9 Å². The summed E-state index contributed by atoms with van der Waals surface area (Å²) >= 11 is 3.43. The molecule has 0 bridgehead atoms. The normalized spacial score (nSPS) is 10.7. The van der Waals surface area contributed by atoms with Crippen molar-refractivity contribution >= 4 is 27.8 Å². The molecule has 0 radical (unpaired) electrons. The summed E-state index contributed by atoms with van der Waals surface area (Å²) in [6.45, 7) is 3.57. The van der Waals surface area contributed by atoms with Crippen molar-refractivity contribution in [2.24, 2.45) is 0 Å². The molecule has 0 fully saturated rings. The first-order valence-corrected chi connectivity index (χ1v) is 4.83. The third-order valence-corrected chi connectivity index (χ3v) is 2.34. The number of carbonyl (C=O) groups is 1. The lowest BCUT2D eigenvalue weighted by Gasteiger charge is -1.98. The van der Waals surface area contributed by atoms with Crippen LogP contribution in [0.2, 0.25) is 0 Å². The Morgan fingerprint density at radius 2 is 2.15 bits per heavy atom. The van der Waals surface area contributed by atoms with Gasteiger partial charge in [0.2, 0.25) is 0 Å². The Kier molecular flexibility index (Phi) is 3.43. The predicted octanol–water partition coefficient (Wildman–Crippen LogP) is 3.36. The maximum absolute atomic E-state index is 10.7. The van der Waals surface area contributed by atoms with E-state index in [4.69, 9.17) is 0 Å². The monoisotopic (exact) mass is 238 g/mol. The number of carbonyl (C=O) groups excluding carboxylic acids is 1. The molecule has 0 spiro atoms. The molecule has 0 atom stereocenters. The highest BCUT2D eigenvalue weighted by molar-refractivity contribution is 9.10. The van der Waals surface area contributed by atoms with Crippen molar-refractivity contribution < 1.29 is 4.79 Å². The van der Waals surface area contributed by atoms with Gasteiger partial charge in [-0.25, -0.2) is 0 Å². The fourth-order valence-corrected chi connectivity index (χ4v) is 1.60. The highest BCUT2D eigenvalue weighted by Crippen LogP contribution is 2.19. The van der Waals surface area contributed by atoms with Crippen molar-refractivity contribution in [3.8, 4) is 0 Å². The molecule has 0 heterocycles. The average molecular weight is 239 g/mol. The summed E-state index contributed by atoms with van der Waals surface area (Å²) in [5, 5.41) is 0. The molecule has 0 aliphatic heterocycles. The predicted molar refractivity (Wildman–Crippen MR) is 58.6 cm³/mol. The molecular weight excluding hydrogens is 228 g/mol. The summed E-state index contributed by atoms with van der Waals surface area (Å²) in [5.41, 5.74) is 2.23. The van der Waals surface area contributed by atoms with Crippen molar-refractivity contribution in [2.45, 2.75) is 13.8 Å². The number of ketones is 1. The second-order valence-corrected chi connectivity index (χ2v) is 3.82. The second kappa shape index (κ2) is 4.38. The molecule has 68 valence electrons. The first-order chi connectivity index (χ1) is 6.09. The van der Waals surface area contributed by atoms with Gasteiger partial charge in [0.15, 0.2) is 5.78 Å². The van der Waals surface area contributed by atoms with Gasteiger partial charge in [0.1, 0.15) is 0 Å². The molecule has 1 nitrogen and oxygen atoms in total. The van der Waals surface area contributed by atoms with E-state index in [1.54, 1.807) is 13.0 Å². The van der Waals surface area contributed by atoms with Crippen LogP contribution in [0.25, 0.3) is 6.08 Å². The van der Waals surface area contributed by atoms with Gasteiger partial charge in [-0.2, -0.15) is 0 Å². The van der Waals surface area contributed by atoms with Crippen LogP contribution in [-0.2, 0) is 4.79 Å². The SMILES string of the molecule is CC(=O)/C=C/c1ccc(C)cc1Br. The summed E-state index contributed by atoms with van der Waals surface area (Å²) in [4.78, 5) is 10.7. The first kappa shape index (κ1) is 10.2. The summed E-state index contributed by atoms with van der Waals surface area (Å²) in [7, 11) is 0. The van der Waals surface area contributed by atoms with Gasteiger partial charge in [-0.3, -0.25) is 4.79 Å². The Balaban J connectivity index is 2.96. The van der Waals surface area contributed by atoms with Crippen LogP contribution in [0.3, 0.4) is 0 Å². The summed E-state index contributed by atoms with van der Waals surface area (Å²) in [6.07, 6.45) is 3.38. The zero-order valence-electron chi connectivity index (χ0n) is 7.67. The maximum atomic E-state index is 10.7. The third kappa shape index (κ3) is 3.15. The molecular formula is C11H11BrO. The maximum Gasteiger partial charge on any atom is 0.152 e. The Labute approximate surface area is 86.6 Å². The highest BCUT2D eigenvalue weighted by atomic mass is 79.9. The van der Waals surface area contributed by atoms with Crippen LogP contribution in [-0.4, -0.2) is 5.78 Å². The number of aryl methyl sites for hydroxylation is 1. The van der Waals surface area contributed by atoms with Crippen LogP contribution in [0.5, 0.6) is 0 Å². The van der Waals surface area contributed by atoms with Gasteiger partial charge in [-0.05, 0) is 37.1 Å². The smallest absolute Gasteiger partial charge is 0.152 e. The Morgan fingerprint density at radius 1 is 1.46 bits per heavy atom. The molecule has 0 unspecified atom stereocenters. The molecule has 0 saturated heterocycles. The zero-order valence-corrected chi connectivity index (χ0v) is 9.26. The fraction of sp³-hybridized carbons (Fsp3) is 0.182. The Bertz CT molecular complexity index is 353. The molecule has 2 heteroatoms. The topological polar surface area (TPSA) is 17.1 Å². The summed E-state index contributed by atoms with van der Waals surface area (Å²) in [6, 6.07) is 6.03. The van der Waals surface area contributed by atoms with Gasteiger partial charge in [-0.1, -0.05) is 34.1 Å². The van der Waals surface area contributed by atoms with E-state index in [0.29, 0.717) is 0 Å². The van der Waals surface area contributed by atoms with E-state index in [2.05, 4.69) is 15.9 Å². The molecule has 0 aliphatic rings. The third-order valence-electron chi connectivity index (χ3n) is 1.65. The molecule has 0 N–H and O–H groups in total.